The molecule has 0 aliphatic heterocycles. The molecule has 1 rings (SSSR count). The van der Waals surface area contributed by atoms with E-state index < -0.39 is 0 Å². The predicted octanol–water partition coefficient (Wildman–Crippen LogP) is 2.01. The van der Waals surface area contributed by atoms with Gasteiger partial charge in [-0.3, -0.25) is 9.98 Å². The standard InChI is InChI=1S/C16H25ClN4O/c1-20(2)7-5-18-11-13-9-15(17)10-14(16(13)22)12-19-6-8-21(3)4/h9-12,22H,5-8H2,1-4H3. The number of aromatic hydroxyl groups is 1. The van der Waals surface area contributed by atoms with E-state index in [0.29, 0.717) is 29.2 Å². The Labute approximate surface area is 137 Å². The number of nitrogens with zero attached hydrogens (tertiary/aromatic N) is 4. The number of likely N-dealkylation sites (N-methyl/N-ethyl adjacent to an activating group) is 2. The molecule has 0 saturated carbocycles. The molecule has 0 radical (unpaired) electrons. The third-order valence-corrected chi connectivity index (χ3v) is 3.17. The number of hydrogen-bond acceptors (Lipinski definition) is 5. The number of hydrogen-bond donors (Lipinski definition) is 1. The molecule has 1 aromatic carbocycles. The first-order valence-electron chi connectivity index (χ1n) is 7.21. The summed E-state index contributed by atoms with van der Waals surface area (Å²) < 4.78 is 0. The quantitative estimate of drug-likeness (QED) is 0.744. The van der Waals surface area contributed by atoms with Gasteiger partial charge in [0.05, 0.1) is 13.1 Å². The average Bonchev–Trinajstić information content (AvgIpc) is 2.43. The summed E-state index contributed by atoms with van der Waals surface area (Å²) in [7, 11) is 7.98. The maximum Gasteiger partial charge on any atom is 0.133 e. The summed E-state index contributed by atoms with van der Waals surface area (Å²) in [6.07, 6.45) is 3.31. The summed E-state index contributed by atoms with van der Waals surface area (Å²) in [5.74, 6) is 0.159. The van der Waals surface area contributed by atoms with Crippen molar-refractivity contribution in [2.75, 3.05) is 54.4 Å². The molecular formula is C16H25ClN4O. The van der Waals surface area contributed by atoms with Crippen LogP contribution in [0.15, 0.2) is 22.1 Å². The topological polar surface area (TPSA) is 51.4 Å². The van der Waals surface area contributed by atoms with Crippen molar-refractivity contribution < 1.29 is 5.11 Å². The van der Waals surface area contributed by atoms with Gasteiger partial charge in [0.25, 0.3) is 0 Å². The Morgan fingerprint density at radius 1 is 0.955 bits per heavy atom. The Hall–Kier alpha value is -1.43. The van der Waals surface area contributed by atoms with Crippen LogP contribution in [0.1, 0.15) is 11.1 Å². The molecule has 1 aromatic rings. The molecule has 5 nitrogen and oxygen atoms in total. The van der Waals surface area contributed by atoms with E-state index >= 15 is 0 Å². The fourth-order valence-corrected chi connectivity index (χ4v) is 1.92. The number of benzene rings is 1. The van der Waals surface area contributed by atoms with Crippen LogP contribution in [-0.4, -0.2) is 81.7 Å². The summed E-state index contributed by atoms with van der Waals surface area (Å²) in [6.45, 7) is 3.06. The number of rotatable bonds is 8. The number of aliphatic imine (C=N–C) groups is 2. The lowest BCUT2D eigenvalue weighted by Gasteiger charge is -2.07. The zero-order chi connectivity index (χ0) is 16.5. The van der Waals surface area contributed by atoms with Crippen molar-refractivity contribution in [2.45, 2.75) is 0 Å². The van der Waals surface area contributed by atoms with E-state index in [0.717, 1.165) is 13.1 Å². The van der Waals surface area contributed by atoms with Crippen LogP contribution in [0.2, 0.25) is 5.02 Å². The first-order valence-corrected chi connectivity index (χ1v) is 7.59. The lowest BCUT2D eigenvalue weighted by atomic mass is 10.1. The van der Waals surface area contributed by atoms with Crippen molar-refractivity contribution in [2.24, 2.45) is 9.98 Å². The second-order valence-corrected chi connectivity index (χ2v) is 6.05. The van der Waals surface area contributed by atoms with Gasteiger partial charge in [-0.15, -0.1) is 0 Å². The minimum Gasteiger partial charge on any atom is -0.507 e. The Bertz CT molecular complexity index is 484. The summed E-state index contributed by atoms with van der Waals surface area (Å²) in [5.41, 5.74) is 1.22. The highest BCUT2D eigenvalue weighted by molar-refractivity contribution is 6.31. The number of phenolic OH excluding ortho intramolecular Hbond substituents is 1. The maximum atomic E-state index is 10.3. The molecule has 122 valence electrons. The zero-order valence-corrected chi connectivity index (χ0v) is 14.5. The van der Waals surface area contributed by atoms with Gasteiger partial charge in [0, 0.05) is 41.7 Å². The first kappa shape index (κ1) is 18.6. The van der Waals surface area contributed by atoms with Crippen LogP contribution in [0.3, 0.4) is 0 Å². The molecule has 0 spiro atoms. The van der Waals surface area contributed by atoms with Gasteiger partial charge in [0.1, 0.15) is 5.75 Å². The molecule has 0 atom stereocenters. The van der Waals surface area contributed by atoms with E-state index in [-0.39, 0.29) is 5.75 Å². The number of phenols is 1. The van der Waals surface area contributed by atoms with Crippen molar-refractivity contribution in [3.63, 3.8) is 0 Å². The second kappa shape index (κ2) is 9.56. The molecule has 6 heteroatoms. The zero-order valence-electron chi connectivity index (χ0n) is 13.8. The largest absolute Gasteiger partial charge is 0.507 e. The van der Waals surface area contributed by atoms with Gasteiger partial charge in [0.2, 0.25) is 0 Å². The lowest BCUT2D eigenvalue weighted by molar-refractivity contribution is 0.420. The normalized spacial score (nSPS) is 12.3. The Morgan fingerprint density at radius 2 is 1.36 bits per heavy atom. The van der Waals surface area contributed by atoms with Crippen LogP contribution in [-0.2, 0) is 0 Å². The van der Waals surface area contributed by atoms with Crippen molar-refractivity contribution in [1.82, 2.24) is 9.80 Å². The molecule has 0 fully saturated rings. The highest BCUT2D eigenvalue weighted by atomic mass is 35.5. The maximum absolute atomic E-state index is 10.3. The van der Waals surface area contributed by atoms with Gasteiger partial charge in [0.15, 0.2) is 0 Å². The van der Waals surface area contributed by atoms with Crippen molar-refractivity contribution in [3.8, 4) is 5.75 Å². The summed E-state index contributed by atoms with van der Waals surface area (Å²) in [6, 6.07) is 3.40. The van der Waals surface area contributed by atoms with Crippen LogP contribution in [0.4, 0.5) is 0 Å². The number of halogens is 1. The molecule has 0 aliphatic carbocycles. The molecule has 22 heavy (non-hydrogen) atoms. The summed E-state index contributed by atoms with van der Waals surface area (Å²) in [4.78, 5) is 12.7. The Balaban J connectivity index is 2.79. The summed E-state index contributed by atoms with van der Waals surface area (Å²) >= 11 is 6.10. The van der Waals surface area contributed by atoms with Crippen LogP contribution < -0.4 is 0 Å². The Morgan fingerprint density at radius 3 is 1.73 bits per heavy atom. The van der Waals surface area contributed by atoms with Crippen LogP contribution in [0.25, 0.3) is 0 Å². The molecule has 0 aromatic heterocycles. The van der Waals surface area contributed by atoms with Gasteiger partial charge in [-0.2, -0.15) is 0 Å². The SMILES string of the molecule is CN(C)CCN=Cc1cc(Cl)cc(C=NCCN(C)C)c1O. The minimum atomic E-state index is 0.159. The second-order valence-electron chi connectivity index (χ2n) is 5.61. The van der Waals surface area contributed by atoms with Gasteiger partial charge >= 0.3 is 0 Å². The van der Waals surface area contributed by atoms with Crippen LogP contribution in [0, 0.1) is 0 Å². The fourth-order valence-electron chi connectivity index (χ4n) is 1.68. The minimum absolute atomic E-state index is 0.159. The van der Waals surface area contributed by atoms with E-state index in [1.54, 1.807) is 24.6 Å². The molecule has 0 saturated heterocycles. The van der Waals surface area contributed by atoms with Crippen molar-refractivity contribution >= 4 is 24.0 Å². The molecule has 0 unspecified atom stereocenters. The third-order valence-electron chi connectivity index (χ3n) is 2.95. The molecule has 0 amide bonds. The lowest BCUT2D eigenvalue weighted by Crippen LogP contribution is -2.15. The van der Waals surface area contributed by atoms with E-state index in [9.17, 15) is 5.11 Å². The molecular weight excluding hydrogens is 300 g/mol. The predicted molar refractivity (Wildman–Crippen MR) is 95.1 cm³/mol. The highest BCUT2D eigenvalue weighted by Gasteiger charge is 2.06. The van der Waals surface area contributed by atoms with E-state index in [4.69, 9.17) is 11.6 Å². The van der Waals surface area contributed by atoms with Crippen molar-refractivity contribution in [3.05, 3.63) is 28.3 Å². The van der Waals surface area contributed by atoms with E-state index in [1.165, 1.54) is 0 Å². The van der Waals surface area contributed by atoms with E-state index in [1.807, 2.05) is 28.2 Å². The summed E-state index contributed by atoms with van der Waals surface area (Å²) in [5, 5.41) is 10.8. The van der Waals surface area contributed by atoms with Gasteiger partial charge < -0.3 is 14.9 Å². The van der Waals surface area contributed by atoms with E-state index in [2.05, 4.69) is 19.8 Å². The van der Waals surface area contributed by atoms with Crippen molar-refractivity contribution in [1.29, 1.82) is 0 Å². The molecule has 0 bridgehead atoms. The molecule has 0 heterocycles. The smallest absolute Gasteiger partial charge is 0.133 e. The average molecular weight is 325 g/mol. The van der Waals surface area contributed by atoms with Gasteiger partial charge in [-0.1, -0.05) is 11.6 Å². The van der Waals surface area contributed by atoms with Crippen LogP contribution in [0.5, 0.6) is 5.75 Å². The van der Waals surface area contributed by atoms with Gasteiger partial charge in [-0.25, -0.2) is 0 Å². The fraction of sp³-hybridized carbons (Fsp3) is 0.500. The third kappa shape index (κ3) is 7.02. The Kier molecular flexibility index (Phi) is 8.09. The monoisotopic (exact) mass is 324 g/mol. The van der Waals surface area contributed by atoms with Crippen LogP contribution >= 0.6 is 11.6 Å². The first-order chi connectivity index (χ1) is 10.4. The highest BCUT2D eigenvalue weighted by Crippen LogP contribution is 2.24. The molecule has 1 N–H and O–H groups in total. The molecule has 0 aliphatic rings. The van der Waals surface area contributed by atoms with Gasteiger partial charge in [-0.05, 0) is 40.3 Å².